The second-order valence-electron chi connectivity index (χ2n) is 4.47. The van der Waals surface area contributed by atoms with Crippen molar-refractivity contribution in [2.45, 2.75) is 26.7 Å². The molecule has 1 rings (SSSR count). The van der Waals surface area contributed by atoms with Gasteiger partial charge in [-0.15, -0.1) is 0 Å². The molecule has 1 aromatic carbocycles. The molecule has 0 aliphatic heterocycles. The van der Waals surface area contributed by atoms with Crippen LogP contribution in [-0.2, 0) is 6.42 Å². The number of aliphatic hydroxyl groups is 1. The van der Waals surface area contributed by atoms with E-state index in [1.807, 2.05) is 24.3 Å². The Balaban J connectivity index is 2.62. The van der Waals surface area contributed by atoms with Crippen molar-refractivity contribution in [3.05, 3.63) is 34.9 Å². The summed E-state index contributed by atoms with van der Waals surface area (Å²) in [7, 11) is 0. The van der Waals surface area contributed by atoms with E-state index >= 15 is 0 Å². The van der Waals surface area contributed by atoms with E-state index in [-0.39, 0.29) is 6.61 Å². The fourth-order valence-corrected chi connectivity index (χ4v) is 2.08. The molecule has 84 valence electrons. The zero-order valence-corrected chi connectivity index (χ0v) is 10.2. The number of hydrogen-bond acceptors (Lipinski definition) is 1. The first-order valence-electron chi connectivity index (χ1n) is 5.47. The smallest absolute Gasteiger partial charge is 0.0462 e. The molecule has 0 saturated carbocycles. The fraction of sp³-hybridized carbons (Fsp3) is 0.538. The van der Waals surface area contributed by atoms with E-state index in [1.54, 1.807) is 0 Å². The lowest BCUT2D eigenvalue weighted by Crippen LogP contribution is -2.12. The third-order valence-electron chi connectivity index (χ3n) is 2.53. The highest BCUT2D eigenvalue weighted by Gasteiger charge is 2.12. The van der Waals surface area contributed by atoms with Crippen LogP contribution in [0.1, 0.15) is 25.8 Å². The summed E-state index contributed by atoms with van der Waals surface area (Å²) in [4.78, 5) is 0. The Morgan fingerprint density at radius 1 is 1.27 bits per heavy atom. The van der Waals surface area contributed by atoms with Crippen LogP contribution < -0.4 is 0 Å². The molecule has 0 spiro atoms. The van der Waals surface area contributed by atoms with Crippen LogP contribution in [0.5, 0.6) is 0 Å². The Kier molecular flexibility index (Phi) is 5.13. The molecule has 1 N–H and O–H groups in total. The lowest BCUT2D eigenvalue weighted by molar-refractivity contribution is 0.205. The lowest BCUT2D eigenvalue weighted by atomic mass is 9.92. The first-order valence-corrected chi connectivity index (χ1v) is 5.85. The van der Waals surface area contributed by atoms with Gasteiger partial charge in [0.2, 0.25) is 0 Å². The summed E-state index contributed by atoms with van der Waals surface area (Å²) in [5, 5.41) is 10.1. The molecule has 2 heteroatoms. The van der Waals surface area contributed by atoms with Crippen LogP contribution in [-0.4, -0.2) is 11.7 Å². The number of benzene rings is 1. The minimum Gasteiger partial charge on any atom is -0.396 e. The van der Waals surface area contributed by atoms with Gasteiger partial charge in [-0.1, -0.05) is 43.6 Å². The van der Waals surface area contributed by atoms with Crippen molar-refractivity contribution in [1.29, 1.82) is 0 Å². The zero-order chi connectivity index (χ0) is 11.3. The fourth-order valence-electron chi connectivity index (χ4n) is 1.86. The third-order valence-corrected chi connectivity index (χ3v) is 2.90. The van der Waals surface area contributed by atoms with Gasteiger partial charge in [0.25, 0.3) is 0 Å². The third kappa shape index (κ3) is 4.23. The average molecular weight is 227 g/mol. The Bertz CT molecular complexity index is 296. The Hall–Kier alpha value is -0.530. The molecule has 1 nitrogen and oxygen atoms in total. The van der Waals surface area contributed by atoms with Crippen LogP contribution in [0.15, 0.2) is 24.3 Å². The molecule has 0 aromatic heterocycles. The molecule has 1 unspecified atom stereocenters. The molecule has 0 saturated heterocycles. The van der Waals surface area contributed by atoms with Crippen LogP contribution in [0.25, 0.3) is 0 Å². The number of hydrogen-bond donors (Lipinski definition) is 1. The van der Waals surface area contributed by atoms with Crippen molar-refractivity contribution in [2.75, 3.05) is 6.61 Å². The SMILES string of the molecule is CC(C)CC(CO)Cc1ccccc1Cl. The van der Waals surface area contributed by atoms with Gasteiger partial charge in [-0.25, -0.2) is 0 Å². The largest absolute Gasteiger partial charge is 0.396 e. The summed E-state index contributed by atoms with van der Waals surface area (Å²) in [6.45, 7) is 4.59. The van der Waals surface area contributed by atoms with Gasteiger partial charge < -0.3 is 5.11 Å². The molecule has 1 aromatic rings. The maximum absolute atomic E-state index is 9.28. The Morgan fingerprint density at radius 2 is 1.93 bits per heavy atom. The minimum atomic E-state index is 0.239. The predicted molar refractivity (Wildman–Crippen MR) is 65.2 cm³/mol. The van der Waals surface area contributed by atoms with Crippen molar-refractivity contribution in [1.82, 2.24) is 0 Å². The van der Waals surface area contributed by atoms with E-state index < -0.39 is 0 Å². The molecule has 0 aliphatic rings. The molecule has 0 fully saturated rings. The van der Waals surface area contributed by atoms with Crippen molar-refractivity contribution in [2.24, 2.45) is 11.8 Å². The van der Waals surface area contributed by atoms with Crippen LogP contribution in [0.2, 0.25) is 5.02 Å². The van der Waals surface area contributed by atoms with Crippen molar-refractivity contribution >= 4 is 11.6 Å². The highest BCUT2D eigenvalue weighted by Crippen LogP contribution is 2.22. The quantitative estimate of drug-likeness (QED) is 0.815. The van der Waals surface area contributed by atoms with Gasteiger partial charge in [-0.2, -0.15) is 0 Å². The van der Waals surface area contributed by atoms with Gasteiger partial charge in [0, 0.05) is 11.6 Å². The minimum absolute atomic E-state index is 0.239. The molecule has 1 atom stereocenters. The van der Waals surface area contributed by atoms with E-state index in [0.717, 1.165) is 23.4 Å². The summed E-state index contributed by atoms with van der Waals surface area (Å²) in [6.07, 6.45) is 1.91. The Labute approximate surface area is 97.1 Å². The molecular formula is C13H19ClO. The summed E-state index contributed by atoms with van der Waals surface area (Å²) < 4.78 is 0. The molecule has 0 radical (unpaired) electrons. The first-order chi connectivity index (χ1) is 7.13. The topological polar surface area (TPSA) is 20.2 Å². The highest BCUT2D eigenvalue weighted by atomic mass is 35.5. The normalized spacial score (nSPS) is 13.1. The zero-order valence-electron chi connectivity index (χ0n) is 9.41. The maximum atomic E-state index is 9.28. The molecule has 0 heterocycles. The maximum Gasteiger partial charge on any atom is 0.0462 e. The van der Waals surface area contributed by atoms with Crippen LogP contribution in [0.3, 0.4) is 0 Å². The number of rotatable bonds is 5. The highest BCUT2D eigenvalue weighted by molar-refractivity contribution is 6.31. The number of halogens is 1. The van der Waals surface area contributed by atoms with Crippen LogP contribution in [0, 0.1) is 11.8 Å². The lowest BCUT2D eigenvalue weighted by Gasteiger charge is -2.17. The van der Waals surface area contributed by atoms with Crippen LogP contribution >= 0.6 is 11.6 Å². The monoisotopic (exact) mass is 226 g/mol. The molecule has 0 bridgehead atoms. The van der Waals surface area contributed by atoms with Gasteiger partial charge in [-0.3, -0.25) is 0 Å². The van der Waals surface area contributed by atoms with Crippen molar-refractivity contribution < 1.29 is 5.11 Å². The second kappa shape index (κ2) is 6.14. The first kappa shape index (κ1) is 12.5. The Morgan fingerprint density at radius 3 is 2.47 bits per heavy atom. The van der Waals surface area contributed by atoms with Crippen molar-refractivity contribution in [3.63, 3.8) is 0 Å². The summed E-state index contributed by atoms with van der Waals surface area (Å²) >= 11 is 6.08. The van der Waals surface area contributed by atoms with Crippen LogP contribution in [0.4, 0.5) is 0 Å². The van der Waals surface area contributed by atoms with Gasteiger partial charge in [0.1, 0.15) is 0 Å². The summed E-state index contributed by atoms with van der Waals surface area (Å²) in [6, 6.07) is 7.86. The van der Waals surface area contributed by atoms with Gasteiger partial charge in [0.15, 0.2) is 0 Å². The van der Waals surface area contributed by atoms with E-state index in [9.17, 15) is 5.11 Å². The molecule has 15 heavy (non-hydrogen) atoms. The second-order valence-corrected chi connectivity index (χ2v) is 4.88. The number of aliphatic hydroxyl groups excluding tert-OH is 1. The van der Waals surface area contributed by atoms with Gasteiger partial charge in [0.05, 0.1) is 0 Å². The van der Waals surface area contributed by atoms with Gasteiger partial charge >= 0.3 is 0 Å². The van der Waals surface area contributed by atoms with Gasteiger partial charge in [-0.05, 0) is 36.3 Å². The molecular weight excluding hydrogens is 208 g/mol. The van der Waals surface area contributed by atoms with Crippen molar-refractivity contribution in [3.8, 4) is 0 Å². The standard InChI is InChI=1S/C13H19ClO/c1-10(2)7-11(9-15)8-12-5-3-4-6-13(12)14/h3-6,10-11,15H,7-9H2,1-2H3. The molecule has 0 aliphatic carbocycles. The van der Waals surface area contributed by atoms with E-state index in [4.69, 9.17) is 11.6 Å². The summed E-state index contributed by atoms with van der Waals surface area (Å²) in [5.41, 5.74) is 1.14. The predicted octanol–water partition coefficient (Wildman–Crippen LogP) is 3.54. The molecule has 0 amide bonds. The average Bonchev–Trinajstić information content (AvgIpc) is 2.19. The van der Waals surface area contributed by atoms with E-state index in [0.29, 0.717) is 11.8 Å². The van der Waals surface area contributed by atoms with E-state index in [2.05, 4.69) is 13.8 Å². The summed E-state index contributed by atoms with van der Waals surface area (Å²) in [5.74, 6) is 0.939. The van der Waals surface area contributed by atoms with E-state index in [1.165, 1.54) is 0 Å².